The molecule has 0 saturated heterocycles. The first kappa shape index (κ1) is 29.5. The van der Waals surface area contributed by atoms with Crippen LogP contribution in [-0.2, 0) is 34.4 Å². The first-order valence-electron chi connectivity index (χ1n) is 14.7. The minimum atomic E-state index is -0.662. The summed E-state index contributed by atoms with van der Waals surface area (Å²) in [4.78, 5) is 29.5. The third-order valence-corrected chi connectivity index (χ3v) is 7.94. The molecule has 0 unspecified atom stereocenters. The molecule has 3 aromatic carbocycles. The van der Waals surface area contributed by atoms with Crippen molar-refractivity contribution in [3.05, 3.63) is 107 Å². The highest BCUT2D eigenvalue weighted by atomic mass is 19.1. The first-order chi connectivity index (χ1) is 19.2. The zero-order valence-corrected chi connectivity index (χ0v) is 24.2. The SMILES string of the molecule is CC(C)(C)c1ccc(CCC(=O)N(Cc2ccc(F)cc2)[C@H](Cc2ccccc2)C(=O)NC2CCCCC2)cc1. The van der Waals surface area contributed by atoms with Crippen LogP contribution in [0.4, 0.5) is 4.39 Å². The summed E-state index contributed by atoms with van der Waals surface area (Å²) < 4.78 is 13.7. The molecule has 0 heterocycles. The summed E-state index contributed by atoms with van der Waals surface area (Å²) in [7, 11) is 0. The predicted octanol–water partition coefficient (Wildman–Crippen LogP) is 7.14. The molecule has 1 aliphatic rings. The molecule has 2 amide bonds. The molecule has 0 spiro atoms. The van der Waals surface area contributed by atoms with Gasteiger partial charge in [0.1, 0.15) is 11.9 Å². The van der Waals surface area contributed by atoms with Gasteiger partial charge in [-0.25, -0.2) is 4.39 Å². The number of amides is 2. The number of carbonyl (C=O) groups is 2. The van der Waals surface area contributed by atoms with Gasteiger partial charge in [0, 0.05) is 25.4 Å². The van der Waals surface area contributed by atoms with E-state index in [1.165, 1.54) is 24.1 Å². The molecular weight excluding hydrogens is 499 g/mol. The van der Waals surface area contributed by atoms with Gasteiger partial charge in [-0.2, -0.15) is 0 Å². The fourth-order valence-electron chi connectivity index (χ4n) is 5.45. The Bertz CT molecular complexity index is 1230. The summed E-state index contributed by atoms with van der Waals surface area (Å²) in [5.74, 6) is -0.513. The van der Waals surface area contributed by atoms with Crippen LogP contribution in [0.5, 0.6) is 0 Å². The first-order valence-corrected chi connectivity index (χ1v) is 14.7. The molecule has 1 atom stereocenters. The number of hydrogen-bond acceptors (Lipinski definition) is 2. The standard InChI is InChI=1S/C35H43FN2O2/c1-35(2,3)29-19-14-26(15-20-29)18-23-33(39)38(25-28-16-21-30(36)22-17-28)32(24-27-10-6-4-7-11-27)34(40)37-31-12-8-5-9-13-31/h4,6-7,10-11,14-17,19-22,31-32H,5,8-9,12-13,18,23-25H2,1-3H3,(H,37,40)/t32-/m1/s1. The van der Waals surface area contributed by atoms with Gasteiger partial charge in [0.25, 0.3) is 0 Å². The molecule has 40 heavy (non-hydrogen) atoms. The van der Waals surface area contributed by atoms with Crippen LogP contribution in [0.3, 0.4) is 0 Å². The monoisotopic (exact) mass is 542 g/mol. The van der Waals surface area contributed by atoms with Gasteiger partial charge < -0.3 is 10.2 Å². The van der Waals surface area contributed by atoms with E-state index >= 15 is 0 Å². The summed E-state index contributed by atoms with van der Waals surface area (Å²) in [5, 5.41) is 3.27. The average Bonchev–Trinajstić information content (AvgIpc) is 2.95. The third-order valence-electron chi connectivity index (χ3n) is 7.94. The van der Waals surface area contributed by atoms with Crippen LogP contribution in [0.1, 0.15) is 81.5 Å². The van der Waals surface area contributed by atoms with E-state index in [4.69, 9.17) is 0 Å². The Morgan fingerprint density at radius 2 is 1.48 bits per heavy atom. The Hall–Kier alpha value is -3.47. The summed E-state index contributed by atoms with van der Waals surface area (Å²) in [6.45, 7) is 6.80. The molecule has 0 bridgehead atoms. The molecule has 0 aliphatic heterocycles. The number of nitrogens with one attached hydrogen (secondary N) is 1. The van der Waals surface area contributed by atoms with Crippen LogP contribution < -0.4 is 5.32 Å². The second-order valence-corrected chi connectivity index (χ2v) is 12.1. The van der Waals surface area contributed by atoms with Crippen LogP contribution >= 0.6 is 0 Å². The number of carbonyl (C=O) groups excluding carboxylic acids is 2. The third kappa shape index (κ3) is 8.51. The zero-order chi connectivity index (χ0) is 28.5. The maximum absolute atomic E-state index is 13.9. The van der Waals surface area contributed by atoms with Crippen LogP contribution in [-0.4, -0.2) is 28.8 Å². The lowest BCUT2D eigenvalue weighted by molar-refractivity contribution is -0.141. The molecule has 1 fully saturated rings. The normalized spacial score (nSPS) is 14.9. The van der Waals surface area contributed by atoms with Gasteiger partial charge in [0.2, 0.25) is 11.8 Å². The maximum atomic E-state index is 13.9. The molecule has 5 heteroatoms. The second-order valence-electron chi connectivity index (χ2n) is 12.1. The number of rotatable bonds is 10. The largest absolute Gasteiger partial charge is 0.352 e. The van der Waals surface area contributed by atoms with Crippen molar-refractivity contribution in [2.75, 3.05) is 0 Å². The lowest BCUT2D eigenvalue weighted by Crippen LogP contribution is -2.52. The molecule has 4 nitrogen and oxygen atoms in total. The Labute approximate surface area is 239 Å². The van der Waals surface area contributed by atoms with Gasteiger partial charge in [-0.1, -0.05) is 107 Å². The number of benzene rings is 3. The van der Waals surface area contributed by atoms with Crippen molar-refractivity contribution >= 4 is 11.8 Å². The molecular formula is C35H43FN2O2. The molecule has 1 aliphatic carbocycles. The fraction of sp³-hybridized carbons (Fsp3) is 0.429. The molecule has 0 radical (unpaired) electrons. The van der Waals surface area contributed by atoms with Crippen molar-refractivity contribution < 1.29 is 14.0 Å². The van der Waals surface area contributed by atoms with E-state index in [2.05, 4.69) is 50.4 Å². The van der Waals surface area contributed by atoms with Crippen molar-refractivity contribution in [3.8, 4) is 0 Å². The number of nitrogens with zero attached hydrogens (tertiary/aromatic N) is 1. The molecule has 212 valence electrons. The minimum absolute atomic E-state index is 0.0661. The topological polar surface area (TPSA) is 49.4 Å². The van der Waals surface area contributed by atoms with Gasteiger partial charge >= 0.3 is 0 Å². The van der Waals surface area contributed by atoms with Crippen LogP contribution in [0.15, 0.2) is 78.9 Å². The zero-order valence-electron chi connectivity index (χ0n) is 24.2. The van der Waals surface area contributed by atoms with Crippen molar-refractivity contribution in [3.63, 3.8) is 0 Å². The quantitative estimate of drug-likeness (QED) is 0.296. The van der Waals surface area contributed by atoms with Gasteiger partial charge in [-0.15, -0.1) is 0 Å². The fourth-order valence-corrected chi connectivity index (χ4v) is 5.45. The Kier molecular flexibility index (Phi) is 10.1. The van der Waals surface area contributed by atoms with Crippen molar-refractivity contribution in [2.24, 2.45) is 0 Å². The lowest BCUT2D eigenvalue weighted by Gasteiger charge is -2.33. The molecule has 4 rings (SSSR count). The van der Waals surface area contributed by atoms with E-state index in [-0.39, 0.29) is 42.1 Å². The lowest BCUT2D eigenvalue weighted by atomic mass is 9.86. The smallest absolute Gasteiger partial charge is 0.243 e. The van der Waals surface area contributed by atoms with E-state index in [1.807, 2.05) is 30.3 Å². The highest BCUT2D eigenvalue weighted by Gasteiger charge is 2.31. The highest BCUT2D eigenvalue weighted by molar-refractivity contribution is 5.88. The maximum Gasteiger partial charge on any atom is 0.243 e. The average molecular weight is 543 g/mol. The van der Waals surface area contributed by atoms with Crippen molar-refractivity contribution in [1.29, 1.82) is 0 Å². The number of halogens is 1. The van der Waals surface area contributed by atoms with Gasteiger partial charge in [0.15, 0.2) is 0 Å². The van der Waals surface area contributed by atoms with Crippen molar-refractivity contribution in [2.45, 2.75) is 96.2 Å². The number of hydrogen-bond donors (Lipinski definition) is 1. The predicted molar refractivity (Wildman–Crippen MR) is 159 cm³/mol. The van der Waals surface area contributed by atoms with E-state index < -0.39 is 6.04 Å². The van der Waals surface area contributed by atoms with Crippen molar-refractivity contribution in [1.82, 2.24) is 10.2 Å². The molecule has 0 aromatic heterocycles. The van der Waals surface area contributed by atoms with E-state index in [1.54, 1.807) is 17.0 Å². The summed E-state index contributed by atoms with van der Waals surface area (Å²) in [5.41, 5.74) is 4.21. The Morgan fingerprint density at radius 3 is 2.10 bits per heavy atom. The molecule has 1 N–H and O–H groups in total. The minimum Gasteiger partial charge on any atom is -0.352 e. The number of aryl methyl sites for hydroxylation is 1. The second kappa shape index (κ2) is 13.7. The van der Waals surface area contributed by atoms with Crippen LogP contribution in [0.2, 0.25) is 0 Å². The molecule has 3 aromatic rings. The molecule has 1 saturated carbocycles. The summed E-state index contributed by atoms with van der Waals surface area (Å²) >= 11 is 0. The summed E-state index contributed by atoms with van der Waals surface area (Å²) in [6.07, 6.45) is 6.67. The van der Waals surface area contributed by atoms with Crippen LogP contribution in [0.25, 0.3) is 0 Å². The van der Waals surface area contributed by atoms with Crippen LogP contribution in [0, 0.1) is 5.82 Å². The van der Waals surface area contributed by atoms with Gasteiger partial charge in [0.05, 0.1) is 0 Å². The van der Waals surface area contributed by atoms with E-state index in [0.29, 0.717) is 12.8 Å². The van der Waals surface area contributed by atoms with E-state index in [9.17, 15) is 14.0 Å². The van der Waals surface area contributed by atoms with Gasteiger partial charge in [-0.05, 0) is 59.1 Å². The summed E-state index contributed by atoms with van der Waals surface area (Å²) in [6, 6.07) is 24.0. The van der Waals surface area contributed by atoms with Gasteiger partial charge in [-0.3, -0.25) is 9.59 Å². The highest BCUT2D eigenvalue weighted by Crippen LogP contribution is 2.24. The Morgan fingerprint density at radius 1 is 0.850 bits per heavy atom. The Balaban J connectivity index is 1.58. The van der Waals surface area contributed by atoms with E-state index in [0.717, 1.165) is 42.4 Å².